The Morgan fingerprint density at radius 2 is 1.93 bits per heavy atom. The zero-order chi connectivity index (χ0) is 20.3. The van der Waals surface area contributed by atoms with Crippen LogP contribution in [0.2, 0.25) is 0 Å². The van der Waals surface area contributed by atoms with Crippen LogP contribution in [0.1, 0.15) is 26.7 Å². The number of aliphatic hydroxyl groups excluding tert-OH is 2. The van der Waals surface area contributed by atoms with E-state index in [1.54, 1.807) is 26.0 Å². The third-order valence-corrected chi connectivity index (χ3v) is 3.48. The zero-order valence-corrected chi connectivity index (χ0v) is 15.4. The second-order valence-corrected chi connectivity index (χ2v) is 6.82. The van der Waals surface area contributed by atoms with Gasteiger partial charge in [-0.05, 0) is 42.2 Å². The molecule has 5 nitrogen and oxygen atoms in total. The van der Waals surface area contributed by atoms with E-state index in [4.69, 9.17) is 9.84 Å². The Bertz CT molecular complexity index is 710. The summed E-state index contributed by atoms with van der Waals surface area (Å²) >= 11 is 0. The van der Waals surface area contributed by atoms with Crippen LogP contribution in [0.5, 0.6) is 5.75 Å². The van der Waals surface area contributed by atoms with E-state index >= 15 is 0 Å². The van der Waals surface area contributed by atoms with E-state index in [1.807, 2.05) is 0 Å². The van der Waals surface area contributed by atoms with E-state index in [-0.39, 0.29) is 25.3 Å². The van der Waals surface area contributed by atoms with Gasteiger partial charge in [-0.15, -0.1) is 0 Å². The molecule has 146 valence electrons. The molecule has 0 aromatic heterocycles. The van der Waals surface area contributed by atoms with Crippen LogP contribution in [0.25, 0.3) is 0 Å². The largest absolute Gasteiger partial charge is 0.491 e. The Kier molecular flexibility index (Phi) is 9.27. The summed E-state index contributed by atoms with van der Waals surface area (Å²) in [5.74, 6) is 4.49. The van der Waals surface area contributed by atoms with Gasteiger partial charge in [0, 0.05) is 0 Å². The van der Waals surface area contributed by atoms with Gasteiger partial charge in [-0.2, -0.15) is 0 Å². The van der Waals surface area contributed by atoms with Gasteiger partial charge in [0.1, 0.15) is 30.4 Å². The molecule has 2 atom stereocenters. The number of allylic oxidation sites excluding steroid dienone is 3. The van der Waals surface area contributed by atoms with Crippen LogP contribution < -0.4 is 4.74 Å². The first-order valence-electron chi connectivity index (χ1n) is 8.49. The van der Waals surface area contributed by atoms with Crippen LogP contribution in [-0.2, 0) is 4.79 Å². The maximum Gasteiger partial charge on any atom is 0.303 e. The van der Waals surface area contributed by atoms with Crippen molar-refractivity contribution in [1.82, 2.24) is 0 Å². The third-order valence-electron chi connectivity index (χ3n) is 3.48. The summed E-state index contributed by atoms with van der Waals surface area (Å²) in [6.07, 6.45) is 4.68. The molecule has 6 heteroatoms. The minimum atomic E-state index is -0.914. The number of carboxylic acids is 1. The standard InChI is InChI=1S/C21H25FO5/c1-21(2,14-20(25)26)13-17(23)7-5-3-4-6-8-18(24)15-27-19-11-9-16(22)10-12-19/h3-4,6,8-12,17-18,23-24H,13-15H2,1-2H3,(H,25,26)/b4-3+,8-6+/t17-,18+/m1/s1. The average Bonchev–Trinajstić information content (AvgIpc) is 2.55. The molecule has 0 saturated heterocycles. The predicted octanol–water partition coefficient (Wildman–Crippen LogP) is 2.93. The van der Waals surface area contributed by atoms with E-state index in [0.29, 0.717) is 5.75 Å². The third kappa shape index (κ3) is 10.9. The molecule has 1 rings (SSSR count). The maximum absolute atomic E-state index is 12.8. The van der Waals surface area contributed by atoms with Crippen molar-refractivity contribution in [2.45, 2.75) is 38.9 Å². The van der Waals surface area contributed by atoms with Gasteiger partial charge in [-0.25, -0.2) is 4.39 Å². The Morgan fingerprint density at radius 3 is 2.56 bits per heavy atom. The van der Waals surface area contributed by atoms with E-state index < -0.39 is 23.6 Å². The fourth-order valence-electron chi connectivity index (χ4n) is 2.26. The molecule has 0 amide bonds. The zero-order valence-electron chi connectivity index (χ0n) is 15.4. The van der Waals surface area contributed by atoms with Crippen molar-refractivity contribution in [2.24, 2.45) is 5.41 Å². The van der Waals surface area contributed by atoms with Crippen LogP contribution >= 0.6 is 0 Å². The first kappa shape index (κ1) is 22.4. The summed E-state index contributed by atoms with van der Waals surface area (Å²) in [6.45, 7) is 3.55. The highest BCUT2D eigenvalue weighted by atomic mass is 19.1. The number of hydrogen-bond acceptors (Lipinski definition) is 4. The molecule has 0 aliphatic rings. The average molecular weight is 376 g/mol. The number of aliphatic hydroxyl groups is 2. The summed E-state index contributed by atoms with van der Waals surface area (Å²) in [5, 5.41) is 28.4. The van der Waals surface area contributed by atoms with E-state index in [9.17, 15) is 19.4 Å². The van der Waals surface area contributed by atoms with Crippen molar-refractivity contribution in [1.29, 1.82) is 0 Å². The number of benzene rings is 1. The van der Waals surface area contributed by atoms with Gasteiger partial charge in [0.05, 0.1) is 6.42 Å². The van der Waals surface area contributed by atoms with Crippen molar-refractivity contribution >= 4 is 5.97 Å². The summed E-state index contributed by atoms with van der Waals surface area (Å²) in [6, 6.07) is 5.50. The molecular weight excluding hydrogens is 351 g/mol. The van der Waals surface area contributed by atoms with Crippen LogP contribution in [0.4, 0.5) is 4.39 Å². The summed E-state index contributed by atoms with van der Waals surface area (Å²) in [5.41, 5.74) is -0.543. The Balaban J connectivity index is 2.35. The molecule has 0 heterocycles. The number of hydrogen-bond donors (Lipinski definition) is 3. The lowest BCUT2D eigenvalue weighted by Crippen LogP contribution is -2.22. The fraction of sp³-hybridized carbons (Fsp3) is 0.381. The normalized spacial score (nSPS) is 14.0. The molecule has 0 fully saturated rings. The van der Waals surface area contributed by atoms with Gasteiger partial charge in [0.2, 0.25) is 0 Å². The number of carbonyl (C=O) groups is 1. The second-order valence-electron chi connectivity index (χ2n) is 6.82. The van der Waals surface area contributed by atoms with Gasteiger partial charge in [-0.3, -0.25) is 4.79 Å². The molecule has 1 aromatic carbocycles. The predicted molar refractivity (Wildman–Crippen MR) is 101 cm³/mol. The van der Waals surface area contributed by atoms with Crippen molar-refractivity contribution < 1.29 is 29.2 Å². The highest BCUT2D eigenvalue weighted by molar-refractivity contribution is 5.67. The lowest BCUT2D eigenvalue weighted by molar-refractivity contribution is -0.139. The van der Waals surface area contributed by atoms with Crippen molar-refractivity contribution in [3.8, 4) is 17.6 Å². The second kappa shape index (κ2) is 11.2. The monoisotopic (exact) mass is 376 g/mol. The SMILES string of the molecule is CC(C)(CC(=O)O)C[C@H](O)C#C/C=C/C=C/[C@H](O)COc1ccc(F)cc1. The molecule has 0 spiro atoms. The number of ether oxygens (including phenoxy) is 1. The fourth-order valence-corrected chi connectivity index (χ4v) is 2.26. The van der Waals surface area contributed by atoms with Gasteiger partial charge in [0.25, 0.3) is 0 Å². The molecule has 0 unspecified atom stereocenters. The Morgan fingerprint density at radius 1 is 1.26 bits per heavy atom. The summed E-state index contributed by atoms with van der Waals surface area (Å²) < 4.78 is 18.1. The minimum Gasteiger partial charge on any atom is -0.491 e. The smallest absolute Gasteiger partial charge is 0.303 e. The van der Waals surface area contributed by atoms with Crippen LogP contribution in [0.15, 0.2) is 48.6 Å². The van der Waals surface area contributed by atoms with Crippen molar-refractivity contribution in [2.75, 3.05) is 6.61 Å². The summed E-state index contributed by atoms with van der Waals surface area (Å²) in [4.78, 5) is 10.7. The number of aliphatic carboxylic acids is 1. The lowest BCUT2D eigenvalue weighted by Gasteiger charge is -2.23. The molecule has 27 heavy (non-hydrogen) atoms. The van der Waals surface area contributed by atoms with E-state index in [1.165, 1.54) is 36.4 Å². The minimum absolute atomic E-state index is 0.0268. The summed E-state index contributed by atoms with van der Waals surface area (Å²) in [7, 11) is 0. The highest BCUT2D eigenvalue weighted by Gasteiger charge is 2.24. The molecular formula is C21H25FO5. The molecule has 0 aliphatic carbocycles. The van der Waals surface area contributed by atoms with Crippen LogP contribution in [0.3, 0.4) is 0 Å². The van der Waals surface area contributed by atoms with Gasteiger partial charge in [-0.1, -0.05) is 43.9 Å². The number of carboxylic acid groups (broad SMARTS) is 1. The van der Waals surface area contributed by atoms with Crippen LogP contribution in [0, 0.1) is 23.1 Å². The topological polar surface area (TPSA) is 87.0 Å². The lowest BCUT2D eigenvalue weighted by atomic mass is 9.83. The highest BCUT2D eigenvalue weighted by Crippen LogP contribution is 2.26. The maximum atomic E-state index is 12.8. The van der Waals surface area contributed by atoms with E-state index in [2.05, 4.69) is 11.8 Å². The van der Waals surface area contributed by atoms with Crippen molar-refractivity contribution in [3.05, 3.63) is 54.4 Å². The molecule has 1 aromatic rings. The van der Waals surface area contributed by atoms with Crippen molar-refractivity contribution in [3.63, 3.8) is 0 Å². The molecule has 0 radical (unpaired) electrons. The molecule has 0 bridgehead atoms. The first-order valence-corrected chi connectivity index (χ1v) is 8.49. The molecule has 0 aliphatic heterocycles. The van der Waals surface area contributed by atoms with Gasteiger partial charge < -0.3 is 20.1 Å². The van der Waals surface area contributed by atoms with E-state index in [0.717, 1.165) is 0 Å². The Hall–Kier alpha value is -2.62. The molecule has 3 N–H and O–H groups in total. The number of halogens is 1. The van der Waals surface area contributed by atoms with Gasteiger partial charge >= 0.3 is 5.97 Å². The first-order chi connectivity index (χ1) is 12.7. The Labute approximate surface area is 158 Å². The quantitative estimate of drug-likeness (QED) is 0.456. The van der Waals surface area contributed by atoms with Crippen LogP contribution in [-0.4, -0.2) is 40.1 Å². The number of rotatable bonds is 9. The van der Waals surface area contributed by atoms with Gasteiger partial charge in [0.15, 0.2) is 0 Å². The molecule has 0 saturated carbocycles.